The number of methoxy groups -OCH3 is 2. The maximum atomic E-state index is 13.1. The van der Waals surface area contributed by atoms with E-state index in [0.29, 0.717) is 31.4 Å². The Morgan fingerprint density at radius 3 is 2.02 bits per heavy atom. The fourth-order valence-corrected chi connectivity index (χ4v) is 6.34. The first-order valence-electron chi connectivity index (χ1n) is 16.9. The summed E-state index contributed by atoms with van der Waals surface area (Å²) >= 11 is 0. The number of ether oxygens (including phenoxy) is 4. The minimum absolute atomic E-state index is 0.131. The van der Waals surface area contributed by atoms with Gasteiger partial charge in [-0.05, 0) is 42.0 Å². The average Bonchev–Trinajstić information content (AvgIpc) is 4.00. The third-order valence-electron chi connectivity index (χ3n) is 9.05. The van der Waals surface area contributed by atoms with Crippen molar-refractivity contribution in [2.24, 2.45) is 0 Å². The normalized spacial score (nSPS) is 16.4. The highest BCUT2D eigenvalue weighted by molar-refractivity contribution is 5.83. The van der Waals surface area contributed by atoms with E-state index in [0.717, 1.165) is 46.5 Å². The number of likely N-dealkylation sites (tertiary alicyclic amines) is 1. The first kappa shape index (κ1) is 36.1. The molecule has 0 unspecified atom stereocenters. The van der Waals surface area contributed by atoms with Gasteiger partial charge in [0.25, 0.3) is 0 Å². The quantitative estimate of drug-likeness (QED) is 0.169. The molecule has 16 nitrogen and oxygen atoms in total. The monoisotopic (exact) mass is 714 g/mol. The van der Waals surface area contributed by atoms with Crippen LogP contribution in [0.4, 0.5) is 9.59 Å². The molecule has 0 radical (unpaired) electrons. The topological polar surface area (TPSA) is 193 Å². The summed E-state index contributed by atoms with van der Waals surface area (Å²) in [6, 6.07) is 16.0. The summed E-state index contributed by atoms with van der Waals surface area (Å²) in [4.78, 5) is 67.8. The molecule has 2 aromatic heterocycles. The van der Waals surface area contributed by atoms with Crippen LogP contribution in [-0.4, -0.2) is 113 Å². The summed E-state index contributed by atoms with van der Waals surface area (Å²) in [5.41, 5.74) is 5.57. The van der Waals surface area contributed by atoms with Crippen LogP contribution in [-0.2, 0) is 35.1 Å². The molecule has 0 aliphatic carbocycles. The summed E-state index contributed by atoms with van der Waals surface area (Å²) in [5, 5.41) is 4.88. The zero-order valence-electron chi connectivity index (χ0n) is 29.3. The van der Waals surface area contributed by atoms with E-state index in [-0.39, 0.29) is 44.0 Å². The van der Waals surface area contributed by atoms with Gasteiger partial charge in [-0.3, -0.25) is 9.59 Å². The summed E-state index contributed by atoms with van der Waals surface area (Å²) < 4.78 is 20.6. The number of benzene rings is 2. The minimum Gasteiger partial charge on any atom is -0.453 e. The zero-order valence-corrected chi connectivity index (χ0v) is 29.3. The number of rotatable bonds is 12. The van der Waals surface area contributed by atoms with E-state index in [1.165, 1.54) is 19.1 Å². The van der Waals surface area contributed by atoms with Gasteiger partial charge in [0.2, 0.25) is 11.8 Å². The SMILES string of the molecule is COC(=O)NCC(=O)N(Cc1ncc(-c2ccc(-c3ccc(-c4cnc([C@@H]5CCCN5C(=O)CNC(=O)OC)[nH]4)cc3)cc2)[nH]1)CC1(C)OCCO1. The van der Waals surface area contributed by atoms with Gasteiger partial charge in [0, 0.05) is 6.54 Å². The van der Waals surface area contributed by atoms with Gasteiger partial charge in [-0.2, -0.15) is 0 Å². The molecule has 4 heterocycles. The Morgan fingerprint density at radius 1 is 0.846 bits per heavy atom. The minimum atomic E-state index is -0.961. The van der Waals surface area contributed by atoms with Crippen LogP contribution in [0.5, 0.6) is 0 Å². The summed E-state index contributed by atoms with van der Waals surface area (Å²) in [6.07, 6.45) is 3.78. The number of carbonyl (C=O) groups excluding carboxylic acids is 4. The lowest BCUT2D eigenvalue weighted by molar-refractivity contribution is -0.167. The Hall–Kier alpha value is -5.74. The maximum Gasteiger partial charge on any atom is 0.407 e. The highest BCUT2D eigenvalue weighted by atomic mass is 16.7. The number of hydrogen-bond donors (Lipinski definition) is 4. The molecular weight excluding hydrogens is 672 g/mol. The lowest BCUT2D eigenvalue weighted by Crippen LogP contribution is -2.47. The molecule has 2 fully saturated rings. The highest BCUT2D eigenvalue weighted by Crippen LogP contribution is 2.32. The lowest BCUT2D eigenvalue weighted by atomic mass is 10.0. The van der Waals surface area contributed by atoms with Gasteiger partial charge in [0.15, 0.2) is 5.79 Å². The molecule has 4 N–H and O–H groups in total. The van der Waals surface area contributed by atoms with Crippen LogP contribution in [0.3, 0.4) is 0 Å². The highest BCUT2D eigenvalue weighted by Gasteiger charge is 2.35. The lowest BCUT2D eigenvalue weighted by Gasteiger charge is -2.30. The van der Waals surface area contributed by atoms with Gasteiger partial charge < -0.3 is 49.3 Å². The molecule has 52 heavy (non-hydrogen) atoms. The van der Waals surface area contributed by atoms with Crippen LogP contribution in [0.1, 0.15) is 37.5 Å². The Bertz CT molecular complexity index is 1870. The largest absolute Gasteiger partial charge is 0.453 e. The second kappa shape index (κ2) is 16.1. The number of nitrogens with zero attached hydrogens (tertiary/aromatic N) is 4. The van der Waals surface area contributed by atoms with Crippen molar-refractivity contribution in [3.63, 3.8) is 0 Å². The third kappa shape index (κ3) is 8.58. The summed E-state index contributed by atoms with van der Waals surface area (Å²) in [5.74, 6) is -0.217. The van der Waals surface area contributed by atoms with Crippen molar-refractivity contribution in [3.8, 4) is 33.6 Å². The Morgan fingerprint density at radius 2 is 1.40 bits per heavy atom. The average molecular weight is 715 g/mol. The van der Waals surface area contributed by atoms with Crippen molar-refractivity contribution in [3.05, 3.63) is 72.6 Å². The predicted molar refractivity (Wildman–Crippen MR) is 187 cm³/mol. The molecule has 16 heteroatoms. The zero-order chi connectivity index (χ0) is 36.7. The summed E-state index contributed by atoms with van der Waals surface area (Å²) in [7, 11) is 2.49. The van der Waals surface area contributed by atoms with E-state index in [1.807, 2.05) is 48.5 Å². The molecule has 4 aromatic rings. The van der Waals surface area contributed by atoms with Crippen molar-refractivity contribution in [2.75, 3.05) is 53.6 Å². The molecule has 2 aliphatic heterocycles. The molecule has 2 aliphatic rings. The van der Waals surface area contributed by atoms with E-state index >= 15 is 0 Å². The number of aromatic nitrogens is 4. The number of amides is 4. The van der Waals surface area contributed by atoms with Gasteiger partial charge in [-0.15, -0.1) is 0 Å². The Kier molecular flexibility index (Phi) is 11.2. The van der Waals surface area contributed by atoms with Crippen LogP contribution in [0.2, 0.25) is 0 Å². The van der Waals surface area contributed by atoms with E-state index in [1.54, 1.807) is 24.2 Å². The van der Waals surface area contributed by atoms with Crippen molar-refractivity contribution >= 4 is 24.0 Å². The maximum absolute atomic E-state index is 13.1. The third-order valence-corrected chi connectivity index (χ3v) is 9.05. The summed E-state index contributed by atoms with van der Waals surface area (Å²) in [6.45, 7) is 3.15. The van der Waals surface area contributed by atoms with Crippen molar-refractivity contribution in [2.45, 2.75) is 38.1 Å². The molecule has 0 saturated carbocycles. The number of H-pyrrole nitrogens is 2. The number of carbonyl (C=O) groups is 4. The van der Waals surface area contributed by atoms with Crippen molar-refractivity contribution in [1.82, 2.24) is 40.4 Å². The predicted octanol–water partition coefficient (Wildman–Crippen LogP) is 3.60. The van der Waals surface area contributed by atoms with Crippen LogP contribution in [0.15, 0.2) is 60.9 Å². The Labute approximate surface area is 300 Å². The second-order valence-electron chi connectivity index (χ2n) is 12.6. The van der Waals surface area contributed by atoms with Gasteiger partial charge in [-0.1, -0.05) is 48.5 Å². The van der Waals surface area contributed by atoms with Gasteiger partial charge in [0.05, 0.1) is 70.3 Å². The first-order valence-corrected chi connectivity index (χ1v) is 16.9. The number of imidazole rings is 2. The van der Waals surface area contributed by atoms with Crippen LogP contribution < -0.4 is 10.6 Å². The molecule has 0 spiro atoms. The smallest absolute Gasteiger partial charge is 0.407 e. The standard InChI is InChI=1S/C36H42N8O8/c1-36(51-15-16-52-36)22-43(31(45)19-39-34(47)49-2)21-30-37-17-27(41-30)25-10-6-23(7-11-25)24-8-12-26(13-9-24)28-18-38-33(42-28)29-5-4-14-44(29)32(46)20-40-35(48)50-3/h6-13,17-18,29H,4-5,14-16,19-22H2,1-3H3,(H,37,41)(H,38,42)(H,39,47)(H,40,48)/t29-/m0/s1. The molecule has 2 saturated heterocycles. The van der Waals surface area contributed by atoms with E-state index in [2.05, 4.69) is 40.0 Å². The number of aromatic amines is 2. The fraction of sp³-hybridized carbons (Fsp3) is 0.389. The van der Waals surface area contributed by atoms with Crippen LogP contribution in [0, 0.1) is 0 Å². The van der Waals surface area contributed by atoms with Crippen LogP contribution in [0.25, 0.3) is 33.6 Å². The number of alkyl carbamates (subject to hydrolysis) is 2. The van der Waals surface area contributed by atoms with Gasteiger partial charge in [0.1, 0.15) is 24.7 Å². The number of nitrogens with one attached hydrogen (secondary N) is 4. The first-order chi connectivity index (χ1) is 25.1. The van der Waals surface area contributed by atoms with Gasteiger partial charge >= 0.3 is 12.2 Å². The van der Waals surface area contributed by atoms with Gasteiger partial charge in [-0.25, -0.2) is 19.6 Å². The molecule has 274 valence electrons. The van der Waals surface area contributed by atoms with Crippen molar-refractivity contribution < 1.29 is 38.1 Å². The molecule has 2 aromatic carbocycles. The fourth-order valence-electron chi connectivity index (χ4n) is 6.34. The van der Waals surface area contributed by atoms with E-state index < -0.39 is 18.0 Å². The van der Waals surface area contributed by atoms with E-state index in [9.17, 15) is 19.2 Å². The van der Waals surface area contributed by atoms with Crippen molar-refractivity contribution in [1.29, 1.82) is 0 Å². The molecule has 1 atom stereocenters. The Balaban J connectivity index is 1.08. The van der Waals surface area contributed by atoms with Crippen LogP contribution >= 0.6 is 0 Å². The number of hydrogen-bond acceptors (Lipinski definition) is 10. The molecule has 4 amide bonds. The van der Waals surface area contributed by atoms with E-state index in [4.69, 9.17) is 9.47 Å². The second-order valence-corrected chi connectivity index (χ2v) is 12.6. The molecular formula is C36H42N8O8. The molecule has 0 bridgehead atoms. The molecule has 6 rings (SSSR count).